The number of methoxy groups -OCH3 is 1. The van der Waals surface area contributed by atoms with Crippen LogP contribution in [-0.4, -0.2) is 51.1 Å². The molecule has 1 N–H and O–H groups in total. The Morgan fingerprint density at radius 1 is 1.04 bits per heavy atom. The van der Waals surface area contributed by atoms with Crippen LogP contribution in [0.5, 0.6) is 5.75 Å². The van der Waals surface area contributed by atoms with Crippen molar-refractivity contribution in [3.8, 4) is 5.75 Å². The predicted octanol–water partition coefficient (Wildman–Crippen LogP) is 2.63. The molecular weight excluding hydrogens is 314 g/mol. The number of rotatable bonds is 5. The lowest BCUT2D eigenvalue weighted by Crippen LogP contribution is -2.44. The lowest BCUT2D eigenvalue weighted by Gasteiger charge is -2.35. The summed E-state index contributed by atoms with van der Waals surface area (Å²) < 4.78 is 5.33. The molecule has 5 nitrogen and oxygen atoms in total. The van der Waals surface area contributed by atoms with Crippen LogP contribution >= 0.6 is 0 Å². The lowest BCUT2D eigenvalue weighted by atomic mass is 10.1. The monoisotopic (exact) mass is 339 g/mol. The molecule has 0 unspecified atom stereocenters. The smallest absolute Gasteiger partial charge is 0.228 e. The largest absolute Gasteiger partial charge is 0.496 e. The maximum atomic E-state index is 12.5. The van der Waals surface area contributed by atoms with Gasteiger partial charge in [0, 0.05) is 31.7 Å². The number of hydrogen-bond donors (Lipinski definition) is 1. The van der Waals surface area contributed by atoms with Crippen molar-refractivity contribution in [2.75, 3.05) is 50.6 Å². The molecule has 3 rings (SSSR count). The Kier molecular flexibility index (Phi) is 5.56. The number of carbonyl (C=O) groups is 1. The highest BCUT2D eigenvalue weighted by molar-refractivity contribution is 5.95. The highest BCUT2D eigenvalue weighted by Crippen LogP contribution is 2.27. The quantitative estimate of drug-likeness (QED) is 0.910. The Morgan fingerprint density at radius 2 is 1.72 bits per heavy atom. The Bertz CT molecular complexity index is 724. The van der Waals surface area contributed by atoms with E-state index in [4.69, 9.17) is 4.74 Å². The van der Waals surface area contributed by atoms with E-state index < -0.39 is 0 Å². The van der Waals surface area contributed by atoms with E-state index >= 15 is 0 Å². The van der Waals surface area contributed by atoms with Gasteiger partial charge >= 0.3 is 0 Å². The summed E-state index contributed by atoms with van der Waals surface area (Å²) in [6.07, 6.45) is 0.293. The highest BCUT2D eigenvalue weighted by Gasteiger charge is 2.18. The maximum absolute atomic E-state index is 12.5. The van der Waals surface area contributed by atoms with E-state index in [1.165, 1.54) is 0 Å². The summed E-state index contributed by atoms with van der Waals surface area (Å²) in [7, 11) is 3.76. The first-order chi connectivity index (χ1) is 12.2. The number of piperazine rings is 1. The average Bonchev–Trinajstić information content (AvgIpc) is 2.63. The van der Waals surface area contributed by atoms with Gasteiger partial charge in [0.15, 0.2) is 0 Å². The fourth-order valence-electron chi connectivity index (χ4n) is 3.12. The third-order valence-corrected chi connectivity index (χ3v) is 4.57. The van der Waals surface area contributed by atoms with Crippen molar-refractivity contribution in [1.82, 2.24) is 4.90 Å². The second kappa shape index (κ2) is 8.03. The molecule has 0 saturated carbocycles. The molecule has 0 atom stereocenters. The third-order valence-electron chi connectivity index (χ3n) is 4.57. The van der Waals surface area contributed by atoms with Crippen LogP contribution in [0.3, 0.4) is 0 Å². The SMILES string of the molecule is COc1ccccc1CC(=O)Nc1ccccc1N1CCN(C)CC1. The van der Waals surface area contributed by atoms with Gasteiger partial charge in [0.2, 0.25) is 5.91 Å². The van der Waals surface area contributed by atoms with Gasteiger partial charge in [0.05, 0.1) is 24.9 Å². The van der Waals surface area contributed by atoms with Gasteiger partial charge in [0.1, 0.15) is 5.75 Å². The zero-order valence-corrected chi connectivity index (χ0v) is 14.9. The second-order valence-electron chi connectivity index (χ2n) is 6.34. The minimum atomic E-state index is -0.0360. The summed E-state index contributed by atoms with van der Waals surface area (Å²) in [6, 6.07) is 15.6. The van der Waals surface area contributed by atoms with E-state index in [9.17, 15) is 4.79 Å². The number of nitrogens with one attached hydrogen (secondary N) is 1. The van der Waals surface area contributed by atoms with Gasteiger partial charge < -0.3 is 19.9 Å². The van der Waals surface area contributed by atoms with E-state index in [1.807, 2.05) is 42.5 Å². The summed E-state index contributed by atoms with van der Waals surface area (Å²) in [4.78, 5) is 17.2. The molecule has 0 aliphatic carbocycles. The van der Waals surface area contributed by atoms with Crippen molar-refractivity contribution in [3.05, 3.63) is 54.1 Å². The molecule has 1 amide bonds. The molecule has 1 heterocycles. The number of para-hydroxylation sites is 3. The van der Waals surface area contributed by atoms with Crippen LogP contribution in [0, 0.1) is 0 Å². The van der Waals surface area contributed by atoms with Crippen molar-refractivity contribution in [2.45, 2.75) is 6.42 Å². The third kappa shape index (κ3) is 4.31. The molecule has 1 aliphatic rings. The van der Waals surface area contributed by atoms with Gasteiger partial charge in [-0.25, -0.2) is 0 Å². The maximum Gasteiger partial charge on any atom is 0.228 e. The number of benzene rings is 2. The van der Waals surface area contributed by atoms with Crippen LogP contribution in [0.1, 0.15) is 5.56 Å². The van der Waals surface area contributed by atoms with Crippen LogP contribution in [0.4, 0.5) is 11.4 Å². The normalized spacial score (nSPS) is 15.0. The van der Waals surface area contributed by atoms with E-state index in [0.29, 0.717) is 6.42 Å². The first kappa shape index (κ1) is 17.3. The molecule has 0 radical (unpaired) electrons. The summed E-state index contributed by atoms with van der Waals surface area (Å²) >= 11 is 0. The molecule has 2 aromatic rings. The van der Waals surface area contributed by atoms with Gasteiger partial charge in [-0.1, -0.05) is 30.3 Å². The Morgan fingerprint density at radius 3 is 2.48 bits per heavy atom. The fourth-order valence-corrected chi connectivity index (χ4v) is 3.12. The van der Waals surface area contributed by atoms with Crippen molar-refractivity contribution < 1.29 is 9.53 Å². The van der Waals surface area contributed by atoms with E-state index in [2.05, 4.69) is 28.2 Å². The van der Waals surface area contributed by atoms with Crippen LogP contribution in [0.15, 0.2) is 48.5 Å². The first-order valence-corrected chi connectivity index (χ1v) is 8.61. The van der Waals surface area contributed by atoms with Crippen molar-refractivity contribution in [1.29, 1.82) is 0 Å². The van der Waals surface area contributed by atoms with E-state index in [0.717, 1.165) is 48.9 Å². The molecule has 0 aromatic heterocycles. The molecular formula is C20H25N3O2. The molecule has 1 saturated heterocycles. The minimum Gasteiger partial charge on any atom is -0.496 e. The fraction of sp³-hybridized carbons (Fsp3) is 0.350. The summed E-state index contributed by atoms with van der Waals surface area (Å²) in [6.45, 7) is 4.00. The lowest BCUT2D eigenvalue weighted by molar-refractivity contribution is -0.115. The topological polar surface area (TPSA) is 44.8 Å². The van der Waals surface area contributed by atoms with E-state index in [-0.39, 0.29) is 5.91 Å². The number of nitrogens with zero attached hydrogens (tertiary/aromatic N) is 2. The van der Waals surface area contributed by atoms with Crippen molar-refractivity contribution in [3.63, 3.8) is 0 Å². The van der Waals surface area contributed by atoms with E-state index in [1.54, 1.807) is 7.11 Å². The molecule has 25 heavy (non-hydrogen) atoms. The molecule has 0 spiro atoms. The molecule has 2 aromatic carbocycles. The molecule has 132 valence electrons. The Labute approximate surface area is 149 Å². The zero-order chi connectivity index (χ0) is 17.6. The minimum absolute atomic E-state index is 0.0360. The van der Waals surface area contributed by atoms with Crippen molar-refractivity contribution >= 4 is 17.3 Å². The number of ether oxygens (including phenoxy) is 1. The Balaban J connectivity index is 1.71. The number of hydrogen-bond acceptors (Lipinski definition) is 4. The van der Waals surface area contributed by atoms with Crippen molar-refractivity contribution in [2.24, 2.45) is 0 Å². The van der Waals surface area contributed by atoms with Crippen LogP contribution in [0.25, 0.3) is 0 Å². The number of carbonyl (C=O) groups excluding carboxylic acids is 1. The van der Waals surface area contributed by atoms with Gasteiger partial charge in [-0.15, -0.1) is 0 Å². The molecule has 5 heteroatoms. The number of amides is 1. The van der Waals surface area contributed by atoms with Gasteiger partial charge in [-0.2, -0.15) is 0 Å². The second-order valence-corrected chi connectivity index (χ2v) is 6.34. The predicted molar refractivity (Wildman–Crippen MR) is 101 cm³/mol. The van der Waals surface area contributed by atoms with Gasteiger partial charge in [-0.3, -0.25) is 4.79 Å². The molecule has 1 fully saturated rings. The summed E-state index contributed by atoms with van der Waals surface area (Å²) in [5.74, 6) is 0.705. The number of anilines is 2. The average molecular weight is 339 g/mol. The van der Waals surface area contributed by atoms with Crippen LogP contribution < -0.4 is 15.0 Å². The van der Waals surface area contributed by atoms with Crippen LogP contribution in [0.2, 0.25) is 0 Å². The first-order valence-electron chi connectivity index (χ1n) is 8.61. The van der Waals surface area contributed by atoms with Gasteiger partial charge in [-0.05, 0) is 25.2 Å². The number of likely N-dealkylation sites (N-methyl/N-ethyl adjacent to an activating group) is 1. The summed E-state index contributed by atoms with van der Waals surface area (Å²) in [5, 5.41) is 3.07. The Hall–Kier alpha value is -2.53. The summed E-state index contributed by atoms with van der Waals surface area (Å²) in [5.41, 5.74) is 2.84. The van der Waals surface area contributed by atoms with Gasteiger partial charge in [0.25, 0.3) is 0 Å². The zero-order valence-electron chi connectivity index (χ0n) is 14.9. The van der Waals surface area contributed by atoms with Crippen LogP contribution in [-0.2, 0) is 11.2 Å². The standard InChI is InChI=1S/C20H25N3O2/c1-22-11-13-23(14-12-22)18-9-5-4-8-17(18)21-20(24)15-16-7-3-6-10-19(16)25-2/h3-10H,11-15H2,1-2H3,(H,21,24). The molecule has 0 bridgehead atoms. The molecule has 1 aliphatic heterocycles. The highest BCUT2D eigenvalue weighted by atomic mass is 16.5.